The van der Waals surface area contributed by atoms with Crippen molar-refractivity contribution in [3.05, 3.63) is 48.2 Å². The Kier molecular flexibility index (Phi) is 5.11. The molecule has 0 atom stereocenters. The number of ketones is 1. The van der Waals surface area contributed by atoms with Gasteiger partial charge in [0.25, 0.3) is 0 Å². The number of nitrogens with zero attached hydrogens (tertiary/aromatic N) is 1. The number of carbonyl (C=O) groups is 1. The van der Waals surface area contributed by atoms with Gasteiger partial charge in [0.2, 0.25) is 0 Å². The number of carbonyl (C=O) groups excluding carboxylic acids is 1. The minimum atomic E-state index is 0.0865. The van der Waals surface area contributed by atoms with E-state index in [4.69, 9.17) is 0 Å². The minimum absolute atomic E-state index is 0.0865. The zero-order valence-corrected chi connectivity index (χ0v) is 11.0. The van der Waals surface area contributed by atoms with Crippen molar-refractivity contribution in [2.24, 2.45) is 0 Å². The summed E-state index contributed by atoms with van der Waals surface area (Å²) >= 11 is 0. The van der Waals surface area contributed by atoms with E-state index in [1.165, 1.54) is 0 Å². The van der Waals surface area contributed by atoms with Crippen molar-refractivity contribution in [3.8, 4) is 0 Å². The average Bonchev–Trinajstić information content (AvgIpc) is 2.41. The molecule has 92 valence electrons. The zero-order valence-electron chi connectivity index (χ0n) is 11.0. The van der Waals surface area contributed by atoms with E-state index >= 15 is 0 Å². The molecule has 17 heavy (non-hydrogen) atoms. The van der Waals surface area contributed by atoms with E-state index in [-0.39, 0.29) is 5.78 Å². The van der Waals surface area contributed by atoms with Gasteiger partial charge in [-0.2, -0.15) is 0 Å². The van der Waals surface area contributed by atoms with Gasteiger partial charge >= 0.3 is 0 Å². The lowest BCUT2D eigenvalue weighted by molar-refractivity contribution is -0.874. The van der Waals surface area contributed by atoms with Crippen LogP contribution < -0.4 is 0 Å². The van der Waals surface area contributed by atoms with Crippen molar-refractivity contribution in [1.29, 1.82) is 0 Å². The van der Waals surface area contributed by atoms with Crippen LogP contribution in [-0.4, -0.2) is 29.9 Å². The molecule has 0 bridgehead atoms. The number of quaternary nitrogens is 1. The molecule has 1 aromatic carbocycles. The fourth-order valence-corrected chi connectivity index (χ4v) is 1.91. The predicted molar refractivity (Wildman–Crippen MR) is 71.8 cm³/mol. The van der Waals surface area contributed by atoms with E-state index in [1.54, 1.807) is 6.08 Å². The third kappa shape index (κ3) is 3.53. The molecule has 0 aliphatic rings. The van der Waals surface area contributed by atoms with Crippen molar-refractivity contribution in [2.75, 3.05) is 19.6 Å². The molecule has 1 rings (SSSR count). The fourth-order valence-electron chi connectivity index (χ4n) is 1.91. The summed E-state index contributed by atoms with van der Waals surface area (Å²) in [6.07, 6.45) is 3.75. The normalized spacial score (nSPS) is 11.9. The molecule has 1 aromatic rings. The first-order valence-electron chi connectivity index (χ1n) is 6.32. The standard InChI is InChI=1S/C15H22NO/c1-4-16(5-2,6-3)13-12-15(17)14-10-8-7-9-11-14/h7-13H,4-6H2,1-3H3/q+1/b13-12+. The Labute approximate surface area is 104 Å². The largest absolute Gasteiger partial charge is 0.298 e. The van der Waals surface area contributed by atoms with E-state index in [0.717, 1.165) is 29.7 Å². The second-order valence-corrected chi connectivity index (χ2v) is 4.21. The summed E-state index contributed by atoms with van der Waals surface area (Å²) < 4.78 is 0.860. The average molecular weight is 232 g/mol. The number of benzene rings is 1. The van der Waals surface area contributed by atoms with Gasteiger partial charge in [-0.25, -0.2) is 0 Å². The summed E-state index contributed by atoms with van der Waals surface area (Å²) in [6, 6.07) is 9.41. The van der Waals surface area contributed by atoms with Gasteiger partial charge in [0.15, 0.2) is 5.78 Å². The molecule has 0 amide bonds. The van der Waals surface area contributed by atoms with Crippen LogP contribution in [0, 0.1) is 0 Å². The Morgan fingerprint density at radius 2 is 1.59 bits per heavy atom. The summed E-state index contributed by atoms with van der Waals surface area (Å²) in [5.41, 5.74) is 0.755. The third-order valence-corrected chi connectivity index (χ3v) is 3.49. The van der Waals surface area contributed by atoms with Crippen LogP contribution in [0.4, 0.5) is 0 Å². The van der Waals surface area contributed by atoms with Crippen LogP contribution in [0.5, 0.6) is 0 Å². The lowest BCUT2D eigenvalue weighted by atomic mass is 10.1. The first-order chi connectivity index (χ1) is 8.17. The molecule has 2 nitrogen and oxygen atoms in total. The van der Waals surface area contributed by atoms with E-state index in [1.807, 2.05) is 36.5 Å². The molecule has 0 saturated carbocycles. The minimum Gasteiger partial charge on any atom is -0.298 e. The van der Waals surface area contributed by atoms with E-state index in [2.05, 4.69) is 20.8 Å². The number of hydrogen-bond acceptors (Lipinski definition) is 1. The Balaban J connectivity index is 2.80. The molecule has 0 aliphatic carbocycles. The maximum Gasteiger partial charge on any atom is 0.191 e. The van der Waals surface area contributed by atoms with Gasteiger partial charge in [-0.1, -0.05) is 30.3 Å². The number of hydrogen-bond donors (Lipinski definition) is 0. The molecule has 0 unspecified atom stereocenters. The maximum absolute atomic E-state index is 11.9. The highest BCUT2D eigenvalue weighted by molar-refractivity contribution is 6.04. The highest BCUT2D eigenvalue weighted by Gasteiger charge is 2.17. The van der Waals surface area contributed by atoms with Gasteiger partial charge in [0.1, 0.15) is 0 Å². The van der Waals surface area contributed by atoms with E-state index in [9.17, 15) is 4.79 Å². The second kappa shape index (κ2) is 6.36. The molecule has 0 aliphatic heterocycles. The van der Waals surface area contributed by atoms with Crippen LogP contribution in [0.15, 0.2) is 42.6 Å². The molecular formula is C15H22NO+. The molecule has 0 heterocycles. The smallest absolute Gasteiger partial charge is 0.191 e. The van der Waals surface area contributed by atoms with Crippen LogP contribution in [0.3, 0.4) is 0 Å². The van der Waals surface area contributed by atoms with Crippen LogP contribution in [0.25, 0.3) is 0 Å². The summed E-state index contributed by atoms with van der Waals surface area (Å²) in [6.45, 7) is 9.53. The van der Waals surface area contributed by atoms with Crippen molar-refractivity contribution in [3.63, 3.8) is 0 Å². The van der Waals surface area contributed by atoms with Gasteiger partial charge in [-0.3, -0.25) is 9.28 Å². The molecule has 2 heteroatoms. The molecule has 0 aromatic heterocycles. The third-order valence-electron chi connectivity index (χ3n) is 3.49. The van der Waals surface area contributed by atoms with Gasteiger partial charge in [0, 0.05) is 11.6 Å². The SMILES string of the molecule is CC[N+](/C=C/C(=O)c1ccccc1)(CC)CC. The lowest BCUT2D eigenvalue weighted by Crippen LogP contribution is -2.42. The van der Waals surface area contributed by atoms with Gasteiger partial charge in [-0.05, 0) is 20.8 Å². The summed E-state index contributed by atoms with van der Waals surface area (Å²) in [4.78, 5) is 11.9. The Hall–Kier alpha value is -1.41. The first-order valence-corrected chi connectivity index (χ1v) is 6.32. The Morgan fingerprint density at radius 3 is 2.06 bits per heavy atom. The van der Waals surface area contributed by atoms with Crippen LogP contribution in [-0.2, 0) is 0 Å². The Morgan fingerprint density at radius 1 is 1.06 bits per heavy atom. The summed E-state index contributed by atoms with van der Waals surface area (Å²) in [7, 11) is 0. The van der Waals surface area contributed by atoms with E-state index < -0.39 is 0 Å². The number of allylic oxidation sites excluding steroid dienone is 1. The molecule has 0 N–H and O–H groups in total. The zero-order chi connectivity index (χ0) is 12.7. The van der Waals surface area contributed by atoms with Crippen molar-refractivity contribution < 1.29 is 9.28 Å². The topological polar surface area (TPSA) is 17.1 Å². The highest BCUT2D eigenvalue weighted by Crippen LogP contribution is 2.08. The van der Waals surface area contributed by atoms with E-state index in [0.29, 0.717) is 0 Å². The predicted octanol–water partition coefficient (Wildman–Crippen LogP) is 3.26. The molecule has 0 saturated heterocycles. The van der Waals surface area contributed by atoms with Gasteiger partial charge in [-0.15, -0.1) is 0 Å². The van der Waals surface area contributed by atoms with Crippen LogP contribution in [0.1, 0.15) is 31.1 Å². The lowest BCUT2D eigenvalue weighted by Gasteiger charge is -2.31. The van der Waals surface area contributed by atoms with Crippen molar-refractivity contribution >= 4 is 5.78 Å². The van der Waals surface area contributed by atoms with Gasteiger partial charge in [0.05, 0.1) is 25.8 Å². The quantitative estimate of drug-likeness (QED) is 0.418. The highest BCUT2D eigenvalue weighted by atomic mass is 16.1. The Bertz CT molecular complexity index is 369. The monoisotopic (exact) mass is 232 g/mol. The molecule has 0 spiro atoms. The molecule has 0 radical (unpaired) electrons. The summed E-state index contributed by atoms with van der Waals surface area (Å²) in [5, 5.41) is 0. The van der Waals surface area contributed by atoms with Crippen molar-refractivity contribution in [2.45, 2.75) is 20.8 Å². The maximum atomic E-state index is 11.9. The van der Waals surface area contributed by atoms with Crippen LogP contribution >= 0.6 is 0 Å². The molecular weight excluding hydrogens is 210 g/mol. The second-order valence-electron chi connectivity index (χ2n) is 4.21. The first kappa shape index (κ1) is 13.7. The van der Waals surface area contributed by atoms with Gasteiger partial charge < -0.3 is 0 Å². The molecule has 0 fully saturated rings. The van der Waals surface area contributed by atoms with Crippen molar-refractivity contribution in [1.82, 2.24) is 0 Å². The fraction of sp³-hybridized carbons (Fsp3) is 0.400. The van der Waals surface area contributed by atoms with Crippen LogP contribution in [0.2, 0.25) is 0 Å². The number of rotatable bonds is 6. The summed E-state index contributed by atoms with van der Waals surface area (Å²) in [5.74, 6) is 0.0865.